The van der Waals surface area contributed by atoms with Crippen molar-refractivity contribution >= 4 is 34.9 Å². The van der Waals surface area contributed by atoms with Crippen molar-refractivity contribution in [3.05, 3.63) is 89.0 Å². The number of amides is 2. The minimum atomic E-state index is -0.624. The van der Waals surface area contributed by atoms with Gasteiger partial charge in [-0.25, -0.2) is 4.31 Å². The summed E-state index contributed by atoms with van der Waals surface area (Å²) in [6, 6.07) is 22.9. The quantitative estimate of drug-likeness (QED) is 0.110. The summed E-state index contributed by atoms with van der Waals surface area (Å²) >= 11 is 1.26. The number of hydrogen-bond donors (Lipinski definition) is 3. The third-order valence-electron chi connectivity index (χ3n) is 10.6. The molecule has 52 heavy (non-hydrogen) atoms. The molecule has 3 aromatic carbocycles. The smallest absolute Gasteiger partial charge is 0.262 e. The molecule has 0 bridgehead atoms. The van der Waals surface area contributed by atoms with Gasteiger partial charge in [-0.2, -0.15) is 0 Å². The molecule has 9 nitrogen and oxygen atoms in total. The van der Waals surface area contributed by atoms with E-state index in [9.17, 15) is 9.59 Å². The molecular weight excluding hydrogens is 671 g/mol. The Balaban J connectivity index is 0.000000261. The maximum absolute atomic E-state index is 13.0. The number of hydrogen-bond acceptors (Lipinski definition) is 7. The fourth-order valence-electron chi connectivity index (χ4n) is 7.85. The van der Waals surface area contributed by atoms with Crippen molar-refractivity contribution in [2.75, 3.05) is 27.8 Å². The van der Waals surface area contributed by atoms with Crippen molar-refractivity contribution in [1.29, 1.82) is 0 Å². The van der Waals surface area contributed by atoms with Crippen molar-refractivity contribution in [2.24, 2.45) is 11.1 Å². The molecule has 3 unspecified atom stereocenters. The fraction of sp³-hybridized carbons (Fsp3) is 0.429. The Morgan fingerprint density at radius 2 is 1.85 bits per heavy atom. The maximum Gasteiger partial charge on any atom is 0.262 e. The summed E-state index contributed by atoms with van der Waals surface area (Å²) in [5.74, 6) is 3.63. The first kappa shape index (κ1) is 37.3. The summed E-state index contributed by atoms with van der Waals surface area (Å²) in [7, 11) is 5.46. The highest BCUT2D eigenvalue weighted by molar-refractivity contribution is 7.95. The number of rotatable bonds is 11. The summed E-state index contributed by atoms with van der Waals surface area (Å²) in [6.07, 6.45) is 9.36. The molecule has 7 rings (SSSR count). The lowest BCUT2D eigenvalue weighted by molar-refractivity contribution is -0.123. The van der Waals surface area contributed by atoms with Gasteiger partial charge in [0, 0.05) is 66.1 Å². The van der Waals surface area contributed by atoms with Gasteiger partial charge in [-0.1, -0.05) is 61.6 Å². The Labute approximate surface area is 312 Å². The van der Waals surface area contributed by atoms with Crippen LogP contribution < -0.4 is 20.5 Å². The first-order valence-electron chi connectivity index (χ1n) is 18.3. The van der Waals surface area contributed by atoms with E-state index >= 15 is 0 Å². The molecule has 10 heteroatoms. The molecule has 2 saturated carbocycles. The monoisotopic (exact) mass is 721 g/mol. The normalized spacial score (nSPS) is 19.4. The predicted molar refractivity (Wildman–Crippen MR) is 210 cm³/mol. The summed E-state index contributed by atoms with van der Waals surface area (Å²) in [5, 5.41) is 4.54. The van der Waals surface area contributed by atoms with E-state index in [4.69, 9.17) is 15.2 Å². The third kappa shape index (κ3) is 7.97. The SMILES string of the molecule is CC#COCC(C)NCc1ccccc1.COc1ccc2c(c1)C1CC1(C(N)=O)Cn1c-2c(C2CCCCC2)c2ccc(C(=O)NSN(C)C)cc21. The summed E-state index contributed by atoms with van der Waals surface area (Å²) < 4.78 is 17.7. The number of fused-ring (bicyclic) bond motifs is 7. The van der Waals surface area contributed by atoms with Gasteiger partial charge in [0.15, 0.2) is 0 Å². The van der Waals surface area contributed by atoms with Crippen LogP contribution in [0.1, 0.15) is 91.3 Å². The Kier molecular flexibility index (Phi) is 11.8. The van der Waals surface area contributed by atoms with Gasteiger partial charge in [0.1, 0.15) is 18.5 Å². The lowest BCUT2D eigenvalue weighted by atomic mass is 9.81. The van der Waals surface area contributed by atoms with Crippen LogP contribution in [0.15, 0.2) is 66.7 Å². The molecule has 1 aromatic heterocycles. The van der Waals surface area contributed by atoms with Gasteiger partial charge < -0.3 is 25.1 Å². The van der Waals surface area contributed by atoms with E-state index in [-0.39, 0.29) is 17.7 Å². The number of carbonyl (C=O) groups is 2. The number of methoxy groups -OCH3 is 1. The number of primary amides is 1. The number of carbonyl (C=O) groups excluding carboxylic acids is 2. The van der Waals surface area contributed by atoms with Gasteiger partial charge in [0.25, 0.3) is 5.91 Å². The molecule has 2 aliphatic carbocycles. The average Bonchev–Trinajstić information content (AvgIpc) is 3.84. The van der Waals surface area contributed by atoms with E-state index in [1.54, 1.807) is 14.0 Å². The third-order valence-corrected chi connectivity index (χ3v) is 11.2. The van der Waals surface area contributed by atoms with Crippen LogP contribution in [0.4, 0.5) is 0 Å². The Morgan fingerprint density at radius 1 is 1.08 bits per heavy atom. The van der Waals surface area contributed by atoms with Gasteiger partial charge in [0.2, 0.25) is 5.91 Å². The number of nitrogens with one attached hydrogen (secondary N) is 2. The predicted octanol–water partition coefficient (Wildman–Crippen LogP) is 7.35. The van der Waals surface area contributed by atoms with Crippen LogP contribution in [-0.4, -0.2) is 54.5 Å². The molecule has 0 spiro atoms. The second kappa shape index (κ2) is 16.5. The first-order valence-corrected chi connectivity index (χ1v) is 19.0. The van der Waals surface area contributed by atoms with Crippen LogP contribution in [0.25, 0.3) is 22.2 Å². The van der Waals surface area contributed by atoms with Gasteiger partial charge in [-0.05, 0) is 93.2 Å². The molecule has 4 aromatic rings. The zero-order chi connectivity index (χ0) is 36.8. The molecule has 1 aliphatic heterocycles. The van der Waals surface area contributed by atoms with Gasteiger partial charge in [-0.3, -0.25) is 14.3 Å². The van der Waals surface area contributed by atoms with Gasteiger partial charge >= 0.3 is 0 Å². The van der Waals surface area contributed by atoms with Crippen LogP contribution >= 0.6 is 12.1 Å². The Bertz CT molecular complexity index is 1960. The van der Waals surface area contributed by atoms with Crippen LogP contribution in [0.3, 0.4) is 0 Å². The molecule has 3 atom stereocenters. The number of aromatic nitrogens is 1. The number of ether oxygens (including phenoxy) is 2. The standard InChI is InChI=1S/C29H34N4O3S.C13H17NO/c1-32(2)37-31-27(34)18-9-11-21-24(13-18)33-16-29(28(30)35)15-23(29)22-14-19(36-3)10-12-20(22)26(33)25(21)17-7-5-4-6-8-17;1-3-9-15-11-12(2)14-10-13-7-5-4-6-8-13/h9-14,17,23H,4-8,15-16H2,1-3H3,(H2,30,35)(H,31,34);4-8,12,14H,10-11H2,1-2H3. The van der Waals surface area contributed by atoms with Crippen LogP contribution in [0, 0.1) is 17.4 Å². The zero-order valence-electron chi connectivity index (χ0n) is 31.0. The van der Waals surface area contributed by atoms with Crippen molar-refractivity contribution in [2.45, 2.75) is 83.3 Å². The van der Waals surface area contributed by atoms with Crippen LogP contribution in [0.2, 0.25) is 0 Å². The number of nitrogens with zero attached hydrogens (tertiary/aromatic N) is 2. The average molecular weight is 722 g/mol. The Hall–Kier alpha value is -4.43. The zero-order valence-corrected chi connectivity index (χ0v) is 31.8. The van der Waals surface area contributed by atoms with E-state index in [0.29, 0.717) is 30.7 Å². The summed E-state index contributed by atoms with van der Waals surface area (Å²) in [6.45, 7) is 5.86. The highest BCUT2D eigenvalue weighted by Crippen LogP contribution is 2.65. The highest BCUT2D eigenvalue weighted by Gasteiger charge is 2.62. The van der Waals surface area contributed by atoms with E-state index < -0.39 is 5.41 Å². The molecular formula is C42H51N5O4S. The lowest BCUT2D eigenvalue weighted by Gasteiger charge is -2.24. The molecule has 0 radical (unpaired) electrons. The van der Waals surface area contributed by atoms with Crippen LogP contribution in [0.5, 0.6) is 5.75 Å². The van der Waals surface area contributed by atoms with Crippen molar-refractivity contribution in [3.63, 3.8) is 0 Å². The first-order chi connectivity index (χ1) is 25.2. The summed E-state index contributed by atoms with van der Waals surface area (Å²) in [5.41, 5.74) is 13.2. The maximum atomic E-state index is 13.0. The van der Waals surface area contributed by atoms with E-state index in [2.05, 4.69) is 63.9 Å². The van der Waals surface area contributed by atoms with Gasteiger partial charge in [-0.15, -0.1) is 0 Å². The second-order valence-electron chi connectivity index (χ2n) is 14.4. The molecule has 2 heterocycles. The van der Waals surface area contributed by atoms with Gasteiger partial charge in [0.05, 0.1) is 18.2 Å². The van der Waals surface area contributed by atoms with E-state index in [0.717, 1.165) is 48.2 Å². The molecule has 2 fully saturated rings. The topological polar surface area (TPSA) is 111 Å². The highest BCUT2D eigenvalue weighted by atomic mass is 32.2. The molecule has 3 aliphatic rings. The fourth-order valence-corrected chi connectivity index (χ4v) is 8.23. The largest absolute Gasteiger partial charge is 0.497 e. The number of nitrogens with two attached hydrogens (primary N) is 1. The van der Waals surface area contributed by atoms with Crippen molar-refractivity contribution < 1.29 is 19.1 Å². The van der Waals surface area contributed by atoms with Crippen molar-refractivity contribution in [3.8, 4) is 29.0 Å². The molecule has 4 N–H and O–H groups in total. The second-order valence-corrected chi connectivity index (χ2v) is 15.5. The van der Waals surface area contributed by atoms with Crippen molar-refractivity contribution in [1.82, 2.24) is 18.9 Å². The Morgan fingerprint density at radius 3 is 2.54 bits per heavy atom. The van der Waals surface area contributed by atoms with Crippen LogP contribution in [-0.2, 0) is 22.6 Å². The lowest BCUT2D eigenvalue weighted by Crippen LogP contribution is -2.30. The molecule has 274 valence electrons. The number of benzene rings is 3. The van der Waals surface area contributed by atoms with E-state index in [1.165, 1.54) is 53.6 Å². The van der Waals surface area contributed by atoms with E-state index in [1.807, 2.05) is 54.8 Å². The minimum absolute atomic E-state index is 0.0761. The summed E-state index contributed by atoms with van der Waals surface area (Å²) in [4.78, 5) is 25.9. The molecule has 2 amide bonds. The molecule has 0 saturated heterocycles. The minimum Gasteiger partial charge on any atom is -0.497 e.